The van der Waals surface area contributed by atoms with Crippen LogP contribution in [0.25, 0.3) is 0 Å². The van der Waals surface area contributed by atoms with Gasteiger partial charge in [0.1, 0.15) is 17.6 Å². The van der Waals surface area contributed by atoms with Gasteiger partial charge in [-0.05, 0) is 35.9 Å². The van der Waals surface area contributed by atoms with Gasteiger partial charge in [-0.1, -0.05) is 18.2 Å². The first-order valence-electron chi connectivity index (χ1n) is 8.30. The molecule has 0 bridgehead atoms. The first-order valence-corrected chi connectivity index (χ1v) is 8.30. The minimum atomic E-state index is -0.402. The number of aromatic nitrogens is 2. The van der Waals surface area contributed by atoms with E-state index in [0.717, 1.165) is 17.1 Å². The summed E-state index contributed by atoms with van der Waals surface area (Å²) in [6.45, 7) is 0. The number of phenols is 1. The Morgan fingerprint density at radius 3 is 2.50 bits per heavy atom. The van der Waals surface area contributed by atoms with Gasteiger partial charge in [0.25, 0.3) is 5.91 Å². The van der Waals surface area contributed by atoms with Crippen LogP contribution in [0.3, 0.4) is 0 Å². The molecule has 0 aliphatic carbocycles. The molecule has 1 amide bonds. The molecule has 0 aliphatic heterocycles. The van der Waals surface area contributed by atoms with Crippen molar-refractivity contribution >= 4 is 11.6 Å². The first-order chi connectivity index (χ1) is 12.5. The molecule has 0 radical (unpaired) electrons. The van der Waals surface area contributed by atoms with Crippen LogP contribution in [-0.2, 0) is 7.05 Å². The summed E-state index contributed by atoms with van der Waals surface area (Å²) in [5.74, 6) is 0.517. The van der Waals surface area contributed by atoms with E-state index in [0.29, 0.717) is 5.56 Å². The average molecular weight is 350 g/mol. The lowest BCUT2D eigenvalue weighted by Gasteiger charge is -2.20. The van der Waals surface area contributed by atoms with Crippen LogP contribution in [0.1, 0.15) is 27.8 Å². The summed E-state index contributed by atoms with van der Waals surface area (Å²) in [4.78, 5) is 19.1. The molecule has 3 rings (SSSR count). The second-order valence-corrected chi connectivity index (χ2v) is 6.34. The second-order valence-electron chi connectivity index (χ2n) is 6.34. The Kier molecular flexibility index (Phi) is 4.93. The van der Waals surface area contributed by atoms with Crippen LogP contribution in [-0.4, -0.2) is 34.7 Å². The van der Waals surface area contributed by atoms with Crippen molar-refractivity contribution in [2.45, 2.75) is 6.04 Å². The van der Waals surface area contributed by atoms with Crippen LogP contribution < -0.4 is 10.2 Å². The van der Waals surface area contributed by atoms with E-state index in [-0.39, 0.29) is 11.7 Å². The minimum Gasteiger partial charge on any atom is -0.508 e. The number of aryl methyl sites for hydroxylation is 1. The number of nitrogens with zero attached hydrogens (tertiary/aromatic N) is 3. The Balaban J connectivity index is 1.94. The maximum atomic E-state index is 12.7. The minimum absolute atomic E-state index is 0.0570. The fraction of sp³-hybridized carbons (Fsp3) is 0.200. The number of amides is 1. The third-order valence-corrected chi connectivity index (χ3v) is 4.24. The zero-order chi connectivity index (χ0) is 18.7. The van der Waals surface area contributed by atoms with Crippen molar-refractivity contribution in [3.8, 4) is 5.75 Å². The van der Waals surface area contributed by atoms with E-state index in [9.17, 15) is 9.90 Å². The van der Waals surface area contributed by atoms with Crippen molar-refractivity contribution in [3.63, 3.8) is 0 Å². The first kappa shape index (κ1) is 17.5. The Labute approximate surface area is 152 Å². The lowest BCUT2D eigenvalue weighted by Crippen LogP contribution is -2.31. The topological polar surface area (TPSA) is 70.4 Å². The molecule has 0 saturated heterocycles. The molecule has 0 saturated carbocycles. The van der Waals surface area contributed by atoms with Crippen molar-refractivity contribution in [1.82, 2.24) is 14.9 Å². The Morgan fingerprint density at radius 1 is 1.19 bits per heavy atom. The zero-order valence-corrected chi connectivity index (χ0v) is 15.0. The molecule has 26 heavy (non-hydrogen) atoms. The zero-order valence-electron chi connectivity index (χ0n) is 15.0. The predicted octanol–water partition coefficient (Wildman–Crippen LogP) is 2.71. The highest BCUT2D eigenvalue weighted by Crippen LogP contribution is 2.24. The second kappa shape index (κ2) is 7.31. The van der Waals surface area contributed by atoms with E-state index >= 15 is 0 Å². The highest BCUT2D eigenvalue weighted by Gasteiger charge is 2.21. The molecule has 1 unspecified atom stereocenters. The largest absolute Gasteiger partial charge is 0.508 e. The highest BCUT2D eigenvalue weighted by molar-refractivity contribution is 5.95. The molecule has 134 valence electrons. The third-order valence-electron chi connectivity index (χ3n) is 4.24. The number of hydrogen-bond donors (Lipinski definition) is 2. The molecular weight excluding hydrogens is 328 g/mol. The van der Waals surface area contributed by atoms with E-state index in [1.807, 2.05) is 61.1 Å². The van der Waals surface area contributed by atoms with Crippen molar-refractivity contribution in [3.05, 3.63) is 77.9 Å². The number of aromatic hydroxyl groups is 1. The normalized spacial score (nSPS) is 11.8. The number of benzene rings is 2. The van der Waals surface area contributed by atoms with Crippen LogP contribution in [0.15, 0.2) is 60.9 Å². The maximum Gasteiger partial charge on any atom is 0.252 e. The van der Waals surface area contributed by atoms with E-state index < -0.39 is 6.04 Å². The predicted molar refractivity (Wildman–Crippen MR) is 101 cm³/mol. The number of carbonyl (C=O) groups is 1. The fourth-order valence-corrected chi connectivity index (χ4v) is 2.78. The molecule has 6 heteroatoms. The molecule has 1 heterocycles. The monoisotopic (exact) mass is 350 g/mol. The number of phenolic OH excluding ortho intramolecular Hbond substituents is 1. The number of carbonyl (C=O) groups excluding carboxylic acids is 1. The standard InChI is InChI=1S/C20H22N4O2/c1-23(2)16-9-7-14(8-10-16)18(19-21-11-12-24(19)3)22-20(26)15-5-4-6-17(25)13-15/h4-13,18,25H,1-3H3,(H,22,26). The van der Waals surface area contributed by atoms with Gasteiger partial charge in [0.15, 0.2) is 0 Å². The van der Waals surface area contributed by atoms with Crippen LogP contribution >= 0.6 is 0 Å². The van der Waals surface area contributed by atoms with Gasteiger partial charge in [0.2, 0.25) is 0 Å². The summed E-state index contributed by atoms with van der Waals surface area (Å²) in [5, 5.41) is 12.6. The SMILES string of the molecule is CN(C)c1ccc(C(NC(=O)c2cccc(O)c2)c2nccn2C)cc1. The van der Waals surface area contributed by atoms with Gasteiger partial charge >= 0.3 is 0 Å². The summed E-state index contributed by atoms with van der Waals surface area (Å²) in [6, 6.07) is 13.9. The number of imidazole rings is 1. The Morgan fingerprint density at radius 2 is 1.92 bits per heavy atom. The van der Waals surface area contributed by atoms with E-state index in [1.165, 1.54) is 12.1 Å². The van der Waals surface area contributed by atoms with Crippen LogP contribution in [0.5, 0.6) is 5.75 Å². The Bertz CT molecular complexity index is 900. The lowest BCUT2D eigenvalue weighted by atomic mass is 10.0. The molecule has 0 fully saturated rings. The number of hydrogen-bond acceptors (Lipinski definition) is 4. The van der Waals surface area contributed by atoms with E-state index in [4.69, 9.17) is 0 Å². The van der Waals surface area contributed by atoms with E-state index in [1.54, 1.807) is 18.3 Å². The number of rotatable bonds is 5. The van der Waals surface area contributed by atoms with Gasteiger partial charge in [-0.25, -0.2) is 4.98 Å². The highest BCUT2D eigenvalue weighted by atomic mass is 16.3. The molecule has 3 aromatic rings. The summed E-state index contributed by atoms with van der Waals surface area (Å²) in [7, 11) is 5.85. The Hall–Kier alpha value is -3.28. The lowest BCUT2D eigenvalue weighted by molar-refractivity contribution is 0.0940. The van der Waals surface area contributed by atoms with Gasteiger partial charge in [-0.2, -0.15) is 0 Å². The van der Waals surface area contributed by atoms with Crippen LogP contribution in [0, 0.1) is 0 Å². The molecule has 0 spiro atoms. The molecular formula is C20H22N4O2. The molecule has 2 N–H and O–H groups in total. The van der Waals surface area contributed by atoms with Crippen molar-refractivity contribution in [2.24, 2.45) is 7.05 Å². The smallest absolute Gasteiger partial charge is 0.252 e. The van der Waals surface area contributed by atoms with Gasteiger partial charge < -0.3 is 19.9 Å². The fourth-order valence-electron chi connectivity index (χ4n) is 2.78. The molecule has 1 aromatic heterocycles. The molecule has 0 aliphatic rings. The number of anilines is 1. The van der Waals surface area contributed by atoms with Gasteiger partial charge in [0.05, 0.1) is 0 Å². The van der Waals surface area contributed by atoms with Gasteiger partial charge in [-0.15, -0.1) is 0 Å². The summed E-state index contributed by atoms with van der Waals surface area (Å²) in [5.41, 5.74) is 2.40. The quantitative estimate of drug-likeness (QED) is 0.742. The van der Waals surface area contributed by atoms with Crippen LogP contribution in [0.2, 0.25) is 0 Å². The van der Waals surface area contributed by atoms with Crippen molar-refractivity contribution in [1.29, 1.82) is 0 Å². The molecule has 1 atom stereocenters. The van der Waals surface area contributed by atoms with Gasteiger partial charge in [-0.3, -0.25) is 4.79 Å². The average Bonchev–Trinajstić information content (AvgIpc) is 3.05. The summed E-state index contributed by atoms with van der Waals surface area (Å²) in [6.07, 6.45) is 3.55. The van der Waals surface area contributed by atoms with Crippen molar-refractivity contribution in [2.75, 3.05) is 19.0 Å². The number of nitrogens with one attached hydrogen (secondary N) is 1. The maximum absolute atomic E-state index is 12.7. The molecule has 6 nitrogen and oxygen atoms in total. The van der Waals surface area contributed by atoms with Crippen molar-refractivity contribution < 1.29 is 9.90 Å². The summed E-state index contributed by atoms with van der Waals surface area (Å²) < 4.78 is 1.88. The molecule has 2 aromatic carbocycles. The van der Waals surface area contributed by atoms with Gasteiger partial charge in [0, 0.05) is 44.8 Å². The van der Waals surface area contributed by atoms with Crippen LogP contribution in [0.4, 0.5) is 5.69 Å². The van der Waals surface area contributed by atoms with E-state index in [2.05, 4.69) is 10.3 Å². The third kappa shape index (κ3) is 3.69. The summed E-state index contributed by atoms with van der Waals surface area (Å²) >= 11 is 0.